The molecule has 0 aliphatic heterocycles. The van der Waals surface area contributed by atoms with Gasteiger partial charge in [0.15, 0.2) is 0 Å². The van der Waals surface area contributed by atoms with E-state index in [2.05, 4.69) is 34.6 Å². The van der Waals surface area contributed by atoms with Crippen LogP contribution in [0.2, 0.25) is 0 Å². The Morgan fingerprint density at radius 2 is 1.95 bits per heavy atom. The maximum Gasteiger partial charge on any atom is 0.148 e. The summed E-state index contributed by atoms with van der Waals surface area (Å²) in [6.45, 7) is 6.28. The predicted molar refractivity (Wildman–Crippen MR) is 81.4 cm³/mol. The fourth-order valence-electron chi connectivity index (χ4n) is 1.92. The highest BCUT2D eigenvalue weighted by molar-refractivity contribution is 7.99. The normalized spacial score (nSPS) is 14.3. The molecule has 0 aliphatic rings. The van der Waals surface area contributed by atoms with E-state index in [1.807, 2.05) is 13.2 Å². The smallest absolute Gasteiger partial charge is 0.148 e. The van der Waals surface area contributed by atoms with Crippen molar-refractivity contribution in [1.29, 1.82) is 0 Å². The Labute approximate surface area is 118 Å². The second-order valence-corrected chi connectivity index (χ2v) is 5.75. The first-order valence-electron chi connectivity index (χ1n) is 6.26. The number of rotatable bonds is 7. The van der Waals surface area contributed by atoms with Gasteiger partial charge in [-0.2, -0.15) is 11.8 Å². The van der Waals surface area contributed by atoms with Gasteiger partial charge in [-0.15, -0.1) is 0 Å². The van der Waals surface area contributed by atoms with Crippen molar-refractivity contribution in [3.63, 3.8) is 0 Å². The van der Waals surface area contributed by atoms with Crippen molar-refractivity contribution in [1.82, 2.24) is 9.97 Å². The Hall–Kier alpha value is -1.05. The Morgan fingerprint density at radius 3 is 2.42 bits per heavy atom. The first-order valence-corrected chi connectivity index (χ1v) is 7.55. The van der Waals surface area contributed by atoms with E-state index in [4.69, 9.17) is 5.84 Å². The van der Waals surface area contributed by atoms with Crippen LogP contribution in [0.1, 0.15) is 32.3 Å². The molecule has 1 aromatic rings. The highest BCUT2D eigenvalue weighted by Gasteiger charge is 2.20. The van der Waals surface area contributed by atoms with E-state index >= 15 is 0 Å². The second kappa shape index (κ2) is 7.52. The number of hydrogen-bond acceptors (Lipinski definition) is 7. The van der Waals surface area contributed by atoms with Crippen LogP contribution in [-0.2, 0) is 0 Å². The zero-order chi connectivity index (χ0) is 14.4. The van der Waals surface area contributed by atoms with Gasteiger partial charge in [0.2, 0.25) is 0 Å². The summed E-state index contributed by atoms with van der Waals surface area (Å²) < 4.78 is 0. The monoisotopic (exact) mass is 285 g/mol. The number of aliphatic hydroxyl groups is 1. The van der Waals surface area contributed by atoms with Gasteiger partial charge in [-0.05, 0) is 19.1 Å². The number of thioether (sulfide) groups is 1. The maximum absolute atomic E-state index is 9.33. The number of hydrazine groups is 1. The van der Waals surface area contributed by atoms with Gasteiger partial charge in [0.25, 0.3) is 0 Å². The Balaban J connectivity index is 3.00. The fraction of sp³-hybridized carbons (Fsp3) is 0.667. The van der Waals surface area contributed by atoms with E-state index in [1.54, 1.807) is 11.8 Å². The van der Waals surface area contributed by atoms with Gasteiger partial charge in [-0.25, -0.2) is 15.8 Å². The molecule has 1 heterocycles. The third kappa shape index (κ3) is 3.95. The van der Waals surface area contributed by atoms with Crippen molar-refractivity contribution in [2.75, 3.05) is 23.6 Å². The minimum absolute atomic E-state index is 0.0954. The van der Waals surface area contributed by atoms with E-state index in [9.17, 15) is 5.11 Å². The third-order valence-electron chi connectivity index (χ3n) is 3.00. The van der Waals surface area contributed by atoms with Gasteiger partial charge >= 0.3 is 0 Å². The molecule has 0 aliphatic carbocycles. The molecular formula is C12H23N5OS. The van der Waals surface area contributed by atoms with Gasteiger partial charge in [-0.1, -0.05) is 13.8 Å². The van der Waals surface area contributed by atoms with Gasteiger partial charge in [0.05, 0.1) is 6.61 Å². The molecule has 0 radical (unpaired) electrons. The van der Waals surface area contributed by atoms with Crippen molar-refractivity contribution < 1.29 is 5.11 Å². The van der Waals surface area contributed by atoms with Gasteiger partial charge in [0, 0.05) is 16.9 Å². The van der Waals surface area contributed by atoms with Crippen LogP contribution in [0.4, 0.5) is 11.6 Å². The number of anilines is 2. The Kier molecular flexibility index (Phi) is 6.33. The lowest BCUT2D eigenvalue weighted by Gasteiger charge is -2.24. The first kappa shape index (κ1) is 16.0. The van der Waals surface area contributed by atoms with Gasteiger partial charge in [0.1, 0.15) is 18.0 Å². The van der Waals surface area contributed by atoms with Crippen LogP contribution in [0.25, 0.3) is 0 Å². The molecule has 1 aromatic heterocycles. The van der Waals surface area contributed by atoms with Crippen molar-refractivity contribution >= 4 is 23.4 Å². The minimum atomic E-state index is 0.0954. The lowest BCUT2D eigenvalue weighted by atomic mass is 10.0. The van der Waals surface area contributed by atoms with Crippen LogP contribution >= 0.6 is 11.8 Å². The highest BCUT2D eigenvalue weighted by Crippen LogP contribution is 2.28. The van der Waals surface area contributed by atoms with Crippen molar-refractivity contribution in [3.8, 4) is 0 Å². The molecule has 1 rings (SSSR count). The summed E-state index contributed by atoms with van der Waals surface area (Å²) in [6, 6.07) is 0.0954. The molecular weight excluding hydrogens is 262 g/mol. The van der Waals surface area contributed by atoms with E-state index in [-0.39, 0.29) is 23.8 Å². The summed E-state index contributed by atoms with van der Waals surface area (Å²) >= 11 is 1.63. The standard InChI is InChI=1S/C12H23N5OS/c1-7(2)10-11(14-6-15-12(10)17-13)16-8(3)9(5-18)19-4/h6-9,18H,5,13H2,1-4H3,(H2,14,15,16,17). The fourth-order valence-corrected chi connectivity index (χ4v) is 2.54. The van der Waals surface area contributed by atoms with Crippen LogP contribution in [0.15, 0.2) is 6.33 Å². The molecule has 7 heteroatoms. The lowest BCUT2D eigenvalue weighted by Crippen LogP contribution is -2.32. The van der Waals surface area contributed by atoms with Crippen LogP contribution in [-0.4, -0.2) is 39.2 Å². The molecule has 0 fully saturated rings. The largest absolute Gasteiger partial charge is 0.395 e. The zero-order valence-electron chi connectivity index (χ0n) is 11.8. The summed E-state index contributed by atoms with van der Waals surface area (Å²) in [5.41, 5.74) is 3.56. The van der Waals surface area contributed by atoms with E-state index < -0.39 is 0 Å². The number of nitrogens with two attached hydrogens (primary N) is 1. The average molecular weight is 285 g/mol. The van der Waals surface area contributed by atoms with Crippen LogP contribution in [0.3, 0.4) is 0 Å². The summed E-state index contributed by atoms with van der Waals surface area (Å²) in [5, 5.41) is 12.8. The van der Waals surface area contributed by atoms with Crippen LogP contribution in [0, 0.1) is 0 Å². The molecule has 6 nitrogen and oxygen atoms in total. The topological polar surface area (TPSA) is 96.1 Å². The molecule has 2 unspecified atom stereocenters. The maximum atomic E-state index is 9.33. The average Bonchev–Trinajstić information content (AvgIpc) is 2.39. The summed E-state index contributed by atoms with van der Waals surface area (Å²) in [6.07, 6.45) is 3.46. The van der Waals surface area contributed by atoms with Crippen molar-refractivity contribution in [2.24, 2.45) is 5.84 Å². The van der Waals surface area contributed by atoms with Crippen molar-refractivity contribution in [3.05, 3.63) is 11.9 Å². The Morgan fingerprint density at radius 1 is 1.32 bits per heavy atom. The van der Waals surface area contributed by atoms with Crippen LogP contribution < -0.4 is 16.6 Å². The molecule has 0 aromatic carbocycles. The molecule has 0 spiro atoms. The quantitative estimate of drug-likeness (QED) is 0.444. The number of nitrogen functional groups attached to an aromatic ring is 1. The van der Waals surface area contributed by atoms with Crippen LogP contribution in [0.5, 0.6) is 0 Å². The molecule has 19 heavy (non-hydrogen) atoms. The third-order valence-corrected chi connectivity index (χ3v) is 4.17. The number of hydrogen-bond donors (Lipinski definition) is 4. The molecule has 0 saturated heterocycles. The van der Waals surface area contributed by atoms with E-state index in [0.717, 1.165) is 11.4 Å². The predicted octanol–water partition coefficient (Wildman–Crippen LogP) is 1.41. The number of nitrogens with one attached hydrogen (secondary N) is 2. The Bertz CT molecular complexity index is 398. The summed E-state index contributed by atoms with van der Waals surface area (Å²) in [4.78, 5) is 8.42. The highest BCUT2D eigenvalue weighted by atomic mass is 32.2. The summed E-state index contributed by atoms with van der Waals surface area (Å²) in [7, 11) is 0. The molecule has 0 bridgehead atoms. The number of aromatic nitrogens is 2. The molecule has 2 atom stereocenters. The van der Waals surface area contributed by atoms with Gasteiger partial charge < -0.3 is 15.8 Å². The number of nitrogens with zero attached hydrogens (tertiary/aromatic N) is 2. The zero-order valence-corrected chi connectivity index (χ0v) is 12.7. The van der Waals surface area contributed by atoms with Gasteiger partial charge in [-0.3, -0.25) is 0 Å². The molecule has 0 saturated carbocycles. The molecule has 108 valence electrons. The SMILES string of the molecule is CSC(CO)C(C)Nc1ncnc(NN)c1C(C)C. The first-order chi connectivity index (χ1) is 9.04. The summed E-state index contributed by atoms with van der Waals surface area (Å²) in [5.74, 6) is 7.12. The molecule has 0 amide bonds. The minimum Gasteiger partial charge on any atom is -0.395 e. The number of aliphatic hydroxyl groups excluding tert-OH is 1. The van der Waals surface area contributed by atoms with Crippen molar-refractivity contribution in [2.45, 2.75) is 38.0 Å². The second-order valence-electron chi connectivity index (χ2n) is 4.67. The van der Waals surface area contributed by atoms with E-state index in [1.165, 1.54) is 6.33 Å². The molecule has 5 N–H and O–H groups in total. The lowest BCUT2D eigenvalue weighted by molar-refractivity contribution is 0.288. The van der Waals surface area contributed by atoms with E-state index in [0.29, 0.717) is 5.82 Å².